The van der Waals surface area contributed by atoms with Crippen molar-refractivity contribution >= 4 is 11.6 Å². The molecule has 0 saturated heterocycles. The highest BCUT2D eigenvalue weighted by molar-refractivity contribution is 5.92. The molecule has 1 aromatic carbocycles. The normalized spacial score (nSPS) is 12.2. The lowest BCUT2D eigenvalue weighted by atomic mass is 10.1. The second-order valence-electron chi connectivity index (χ2n) is 4.54. The van der Waals surface area contributed by atoms with Gasteiger partial charge in [0.15, 0.2) is 5.89 Å². The van der Waals surface area contributed by atoms with Gasteiger partial charge in [-0.2, -0.15) is 0 Å². The molecule has 1 aromatic heterocycles. The summed E-state index contributed by atoms with van der Waals surface area (Å²) in [4.78, 5) is 15.9. The molecule has 1 unspecified atom stereocenters. The number of carbonyl (C=O) groups excluding carboxylic acids is 1. The fourth-order valence-corrected chi connectivity index (χ4v) is 1.85. The second-order valence-corrected chi connectivity index (χ2v) is 4.54. The molecule has 2 rings (SSSR count). The molecule has 0 fully saturated rings. The van der Waals surface area contributed by atoms with Gasteiger partial charge < -0.3 is 20.6 Å². The van der Waals surface area contributed by atoms with E-state index in [4.69, 9.17) is 10.2 Å². The van der Waals surface area contributed by atoms with E-state index in [1.165, 1.54) is 0 Å². The minimum atomic E-state index is -0.802. The van der Waals surface area contributed by atoms with E-state index in [0.29, 0.717) is 22.8 Å². The van der Waals surface area contributed by atoms with Crippen LogP contribution in [0.15, 0.2) is 28.7 Å². The fourth-order valence-electron chi connectivity index (χ4n) is 1.85. The van der Waals surface area contributed by atoms with Gasteiger partial charge in [0, 0.05) is 19.2 Å². The van der Waals surface area contributed by atoms with Gasteiger partial charge in [-0.25, -0.2) is 4.98 Å². The largest absolute Gasteiger partial charge is 0.436 e. The van der Waals surface area contributed by atoms with Gasteiger partial charge in [-0.15, -0.1) is 0 Å². The molecule has 2 aromatic rings. The number of aliphatic hydroxyl groups excluding tert-OH is 1. The zero-order chi connectivity index (χ0) is 14.7. The van der Waals surface area contributed by atoms with E-state index in [2.05, 4.69) is 10.3 Å². The summed E-state index contributed by atoms with van der Waals surface area (Å²) in [5.74, 6) is 0.219. The van der Waals surface area contributed by atoms with Crippen LogP contribution in [0.1, 0.15) is 33.8 Å². The van der Waals surface area contributed by atoms with E-state index < -0.39 is 12.0 Å². The number of aliphatic hydroxyl groups is 1. The monoisotopic (exact) mass is 275 g/mol. The van der Waals surface area contributed by atoms with Crippen molar-refractivity contribution in [1.82, 2.24) is 10.3 Å². The maximum atomic E-state index is 11.9. The molecule has 0 spiro atoms. The molecule has 0 saturated carbocycles. The number of carbonyl (C=O) groups is 1. The van der Waals surface area contributed by atoms with Crippen molar-refractivity contribution in [2.75, 3.05) is 12.3 Å². The van der Waals surface area contributed by atoms with E-state index in [9.17, 15) is 9.90 Å². The molecule has 1 amide bonds. The van der Waals surface area contributed by atoms with Crippen LogP contribution >= 0.6 is 0 Å². The molecule has 20 heavy (non-hydrogen) atoms. The zero-order valence-electron chi connectivity index (χ0n) is 11.4. The predicted molar refractivity (Wildman–Crippen MR) is 74.1 cm³/mol. The molecule has 6 heteroatoms. The summed E-state index contributed by atoms with van der Waals surface area (Å²) in [5, 5.41) is 12.6. The third-order valence-corrected chi connectivity index (χ3v) is 2.89. The summed E-state index contributed by atoms with van der Waals surface area (Å²) in [6.45, 7) is 3.46. The van der Waals surface area contributed by atoms with Gasteiger partial charge >= 0.3 is 0 Å². The van der Waals surface area contributed by atoms with Crippen molar-refractivity contribution in [3.8, 4) is 0 Å². The number of nitrogens with one attached hydrogen (secondary N) is 1. The molecule has 0 aliphatic carbocycles. The van der Waals surface area contributed by atoms with Crippen molar-refractivity contribution in [2.24, 2.45) is 0 Å². The Morgan fingerprint density at radius 1 is 1.40 bits per heavy atom. The average Bonchev–Trinajstić information content (AvgIpc) is 2.75. The number of amides is 1. The molecule has 4 N–H and O–H groups in total. The first-order valence-corrected chi connectivity index (χ1v) is 6.23. The quantitative estimate of drug-likeness (QED) is 0.731. The minimum absolute atomic E-state index is 0.0853. The Balaban J connectivity index is 1.96. The lowest BCUT2D eigenvalue weighted by Gasteiger charge is -2.11. The van der Waals surface area contributed by atoms with Crippen LogP contribution < -0.4 is 11.1 Å². The van der Waals surface area contributed by atoms with Crippen molar-refractivity contribution in [1.29, 1.82) is 0 Å². The topological polar surface area (TPSA) is 101 Å². The van der Waals surface area contributed by atoms with Gasteiger partial charge in [-0.05, 0) is 24.6 Å². The number of nitrogen functional groups attached to an aromatic ring is 1. The number of hydrogen-bond donors (Lipinski definition) is 3. The number of nitrogens with zero attached hydrogens (tertiary/aromatic N) is 1. The Kier molecular flexibility index (Phi) is 4.05. The maximum absolute atomic E-state index is 11.9. The molecule has 0 aliphatic rings. The van der Waals surface area contributed by atoms with E-state index in [0.717, 1.165) is 0 Å². The minimum Gasteiger partial charge on any atom is -0.436 e. The van der Waals surface area contributed by atoms with Crippen molar-refractivity contribution < 1.29 is 14.3 Å². The molecule has 0 aliphatic heterocycles. The molecule has 6 nitrogen and oxygen atoms in total. The highest BCUT2D eigenvalue weighted by Gasteiger charge is 2.17. The lowest BCUT2D eigenvalue weighted by molar-refractivity contribution is 0.0887. The van der Waals surface area contributed by atoms with Crippen LogP contribution in [0.3, 0.4) is 0 Å². The molecular formula is C14H17N3O3. The predicted octanol–water partition coefficient (Wildman–Crippen LogP) is 1.34. The highest BCUT2D eigenvalue weighted by Crippen LogP contribution is 2.14. The lowest BCUT2D eigenvalue weighted by Crippen LogP contribution is -2.28. The van der Waals surface area contributed by atoms with E-state index in [1.54, 1.807) is 38.1 Å². The molecular weight excluding hydrogens is 258 g/mol. The van der Waals surface area contributed by atoms with Gasteiger partial charge in [-0.1, -0.05) is 12.1 Å². The average molecular weight is 275 g/mol. The first-order chi connectivity index (χ1) is 9.47. The van der Waals surface area contributed by atoms with Crippen molar-refractivity contribution in [3.05, 3.63) is 47.2 Å². The summed E-state index contributed by atoms with van der Waals surface area (Å²) in [6.07, 6.45) is -0.802. The standard InChI is InChI=1S/C14H17N3O3/c1-8-13(20-9(2)17-8)14(19)16-7-12(18)10-3-5-11(15)6-4-10/h3-6,12,18H,7,15H2,1-2H3,(H,16,19). The Hall–Kier alpha value is -2.34. The number of aromatic nitrogens is 1. The van der Waals surface area contributed by atoms with Crippen molar-refractivity contribution in [3.63, 3.8) is 0 Å². The SMILES string of the molecule is Cc1nc(C)c(C(=O)NCC(O)c2ccc(N)cc2)o1. The molecule has 106 valence electrons. The Labute approximate surface area is 116 Å². The smallest absolute Gasteiger partial charge is 0.289 e. The van der Waals surface area contributed by atoms with Gasteiger partial charge in [-0.3, -0.25) is 4.79 Å². The Morgan fingerprint density at radius 3 is 2.60 bits per heavy atom. The van der Waals surface area contributed by atoms with E-state index in [-0.39, 0.29) is 12.3 Å². The summed E-state index contributed by atoms with van der Waals surface area (Å²) in [5.41, 5.74) is 7.41. The second kappa shape index (κ2) is 5.75. The van der Waals surface area contributed by atoms with Crippen LogP contribution in [0.4, 0.5) is 5.69 Å². The van der Waals surface area contributed by atoms with Crippen LogP contribution in [-0.4, -0.2) is 22.5 Å². The van der Waals surface area contributed by atoms with Gasteiger partial charge in [0.1, 0.15) is 0 Å². The molecule has 0 radical (unpaired) electrons. The number of nitrogens with two attached hydrogens (primary N) is 1. The van der Waals surface area contributed by atoms with E-state index in [1.807, 2.05) is 0 Å². The first kappa shape index (κ1) is 14.1. The number of aryl methyl sites for hydroxylation is 2. The van der Waals surface area contributed by atoms with Crippen LogP contribution in [0.2, 0.25) is 0 Å². The molecule has 0 bridgehead atoms. The highest BCUT2D eigenvalue weighted by atomic mass is 16.4. The number of oxazole rings is 1. The number of anilines is 1. The van der Waals surface area contributed by atoms with Crippen LogP contribution in [0.5, 0.6) is 0 Å². The first-order valence-electron chi connectivity index (χ1n) is 6.23. The summed E-state index contributed by atoms with van der Waals surface area (Å²) < 4.78 is 5.21. The maximum Gasteiger partial charge on any atom is 0.289 e. The zero-order valence-corrected chi connectivity index (χ0v) is 11.4. The summed E-state index contributed by atoms with van der Waals surface area (Å²) in [7, 11) is 0. The third kappa shape index (κ3) is 3.16. The Bertz CT molecular complexity index is 605. The van der Waals surface area contributed by atoms with Crippen LogP contribution in [0.25, 0.3) is 0 Å². The van der Waals surface area contributed by atoms with Crippen molar-refractivity contribution in [2.45, 2.75) is 20.0 Å². The van der Waals surface area contributed by atoms with Gasteiger partial charge in [0.2, 0.25) is 5.76 Å². The number of benzene rings is 1. The van der Waals surface area contributed by atoms with Gasteiger partial charge in [0.05, 0.1) is 11.8 Å². The third-order valence-electron chi connectivity index (χ3n) is 2.89. The fraction of sp³-hybridized carbons (Fsp3) is 0.286. The van der Waals surface area contributed by atoms with Crippen LogP contribution in [-0.2, 0) is 0 Å². The number of hydrogen-bond acceptors (Lipinski definition) is 5. The van der Waals surface area contributed by atoms with Gasteiger partial charge in [0.25, 0.3) is 5.91 Å². The van der Waals surface area contributed by atoms with Crippen LogP contribution in [0, 0.1) is 13.8 Å². The summed E-state index contributed by atoms with van der Waals surface area (Å²) in [6, 6.07) is 6.83. The Morgan fingerprint density at radius 2 is 2.05 bits per heavy atom. The summed E-state index contributed by atoms with van der Waals surface area (Å²) >= 11 is 0. The molecule has 1 atom stereocenters. The molecule has 1 heterocycles. The number of rotatable bonds is 4. The van der Waals surface area contributed by atoms with E-state index >= 15 is 0 Å².